The van der Waals surface area contributed by atoms with Crippen molar-refractivity contribution in [2.75, 3.05) is 0 Å². The lowest BCUT2D eigenvalue weighted by Crippen LogP contribution is -2.25. The third-order valence-electron chi connectivity index (χ3n) is 5.45. The lowest BCUT2D eigenvalue weighted by Gasteiger charge is -2.37. The predicted octanol–water partition coefficient (Wildman–Crippen LogP) is 5.78. The molecule has 0 aliphatic heterocycles. The largest absolute Gasteiger partial charge is 0.238 e. The van der Waals surface area contributed by atoms with Gasteiger partial charge in [0.2, 0.25) is 0 Å². The van der Waals surface area contributed by atoms with Gasteiger partial charge < -0.3 is 0 Å². The van der Waals surface area contributed by atoms with Gasteiger partial charge in [-0.1, -0.05) is 64.6 Å². The van der Waals surface area contributed by atoms with Crippen LogP contribution in [0.15, 0.2) is 18.7 Å². The minimum absolute atomic E-state index is 0.238. The highest BCUT2D eigenvalue weighted by Gasteiger charge is 2.29. The summed E-state index contributed by atoms with van der Waals surface area (Å²) < 4.78 is 0. The number of rotatable bonds is 8. The Morgan fingerprint density at radius 3 is 2.08 bits per heavy atom. The van der Waals surface area contributed by atoms with Crippen molar-refractivity contribution in [1.29, 1.82) is 0 Å². The van der Waals surface area contributed by atoms with E-state index in [0.29, 0.717) is 11.8 Å². The van der Waals surface area contributed by atoms with E-state index in [1.165, 1.54) is 12.8 Å². The average Bonchev–Trinajstić information content (AvgIpc) is 2.50. The van der Waals surface area contributed by atoms with E-state index in [4.69, 9.17) is 7.85 Å². The molecule has 2 atom stereocenters. The third kappa shape index (κ3) is 4.81. The molecule has 0 bridgehead atoms. The summed E-state index contributed by atoms with van der Waals surface area (Å²) >= 11 is 0. The van der Waals surface area contributed by atoms with Gasteiger partial charge >= 0.3 is 0 Å². The van der Waals surface area contributed by atoms with Crippen LogP contribution in [0.4, 0.5) is 0 Å². The normalized spacial score (nSPS) is 16.1. The van der Waals surface area contributed by atoms with Gasteiger partial charge in [0.1, 0.15) is 5.82 Å². The van der Waals surface area contributed by atoms with Crippen LogP contribution in [0.2, 0.25) is 5.31 Å². The molecule has 0 N–H and O–H groups in total. The van der Waals surface area contributed by atoms with Crippen molar-refractivity contribution >= 4 is 13.4 Å². The second-order valence-electron chi connectivity index (χ2n) is 7.26. The molecule has 0 spiro atoms. The molecule has 0 aliphatic carbocycles. The molecule has 0 aromatic carbocycles. The summed E-state index contributed by atoms with van der Waals surface area (Å²) in [5.74, 6) is 1.93. The lowest BCUT2D eigenvalue weighted by molar-refractivity contribution is 0.263. The molecule has 0 amide bonds. The molecule has 24 heavy (non-hydrogen) atoms. The lowest BCUT2D eigenvalue weighted by atomic mass is 9.56. The van der Waals surface area contributed by atoms with Gasteiger partial charge in [-0.2, -0.15) is 0 Å². The van der Waals surface area contributed by atoms with Crippen molar-refractivity contribution in [1.82, 2.24) is 9.97 Å². The zero-order chi connectivity index (χ0) is 18.5. The number of aromatic nitrogens is 2. The van der Waals surface area contributed by atoms with Crippen LogP contribution in [0, 0.1) is 32.6 Å². The van der Waals surface area contributed by atoms with Crippen molar-refractivity contribution < 1.29 is 0 Å². The number of allylic oxidation sites excluding steroid dienone is 3. The van der Waals surface area contributed by atoms with Crippen molar-refractivity contribution in [3.8, 4) is 0 Å². The van der Waals surface area contributed by atoms with E-state index in [1.807, 2.05) is 26.8 Å². The maximum absolute atomic E-state index is 6.68. The van der Waals surface area contributed by atoms with E-state index in [1.54, 1.807) is 0 Å². The summed E-state index contributed by atoms with van der Waals surface area (Å²) in [6, 6.07) is 0. The second-order valence-corrected chi connectivity index (χ2v) is 7.26. The SMILES string of the molecule is [B]C(C)(C/C=C(/C=C)c1c(C)nc(C)nc1C)C(C)C(CC)CC. The minimum atomic E-state index is -0.238. The van der Waals surface area contributed by atoms with Gasteiger partial charge in [0.15, 0.2) is 0 Å². The van der Waals surface area contributed by atoms with Crippen molar-refractivity contribution in [2.45, 2.75) is 73.0 Å². The summed E-state index contributed by atoms with van der Waals surface area (Å²) in [7, 11) is 6.68. The van der Waals surface area contributed by atoms with Gasteiger partial charge in [-0.3, -0.25) is 0 Å². The Morgan fingerprint density at radius 2 is 1.67 bits per heavy atom. The summed E-state index contributed by atoms with van der Waals surface area (Å²) in [5, 5.41) is -0.238. The first-order valence-electron chi connectivity index (χ1n) is 9.11. The molecule has 1 rings (SSSR count). The molecule has 3 heteroatoms. The molecule has 0 saturated carbocycles. The Morgan fingerprint density at radius 1 is 1.17 bits per heavy atom. The molecule has 1 aromatic rings. The van der Waals surface area contributed by atoms with Gasteiger partial charge in [-0.15, -0.1) is 0 Å². The summed E-state index contributed by atoms with van der Waals surface area (Å²) in [4.78, 5) is 9.01. The Labute approximate surface area is 150 Å². The Hall–Kier alpha value is -1.38. The highest BCUT2D eigenvalue weighted by Crippen LogP contribution is 2.43. The van der Waals surface area contributed by atoms with Crippen LogP contribution in [-0.4, -0.2) is 17.8 Å². The van der Waals surface area contributed by atoms with Gasteiger partial charge in [-0.05, 0) is 44.6 Å². The van der Waals surface area contributed by atoms with Crippen LogP contribution in [0.5, 0.6) is 0 Å². The van der Waals surface area contributed by atoms with Crippen LogP contribution in [0.25, 0.3) is 5.57 Å². The molecule has 2 unspecified atom stereocenters. The maximum atomic E-state index is 6.68. The molecule has 2 nitrogen and oxygen atoms in total. The second kappa shape index (κ2) is 8.64. The van der Waals surface area contributed by atoms with Gasteiger partial charge in [-0.25, -0.2) is 9.97 Å². The van der Waals surface area contributed by atoms with Crippen molar-refractivity contribution in [3.05, 3.63) is 41.5 Å². The first-order chi connectivity index (χ1) is 11.2. The smallest absolute Gasteiger partial charge is 0.125 e. The molecule has 1 aromatic heterocycles. The Balaban J connectivity index is 3.12. The third-order valence-corrected chi connectivity index (χ3v) is 5.45. The predicted molar refractivity (Wildman–Crippen MR) is 106 cm³/mol. The number of nitrogens with zero attached hydrogens (tertiary/aromatic N) is 2. The standard InChI is InChI=1S/C21H33BN2/c1-9-18(10-2)14(4)21(8,22)13-12-19(11-3)20-15(5)23-17(7)24-16(20)6/h11-12,14,18H,3,9-10,13H2,1-2,4-8H3/b19-12-. The number of aryl methyl sites for hydroxylation is 3. The Kier molecular flexibility index (Phi) is 7.44. The van der Waals surface area contributed by atoms with Crippen LogP contribution in [0.1, 0.15) is 69.7 Å². The number of hydrogen-bond donors (Lipinski definition) is 0. The molecule has 0 fully saturated rings. The van der Waals surface area contributed by atoms with Crippen LogP contribution < -0.4 is 0 Å². The van der Waals surface area contributed by atoms with Crippen LogP contribution in [-0.2, 0) is 0 Å². The van der Waals surface area contributed by atoms with Gasteiger partial charge in [0.25, 0.3) is 0 Å². The fraction of sp³-hybridized carbons (Fsp3) is 0.619. The van der Waals surface area contributed by atoms with Crippen LogP contribution in [0.3, 0.4) is 0 Å². The molecular formula is C21H33BN2. The maximum Gasteiger partial charge on any atom is 0.125 e. The van der Waals surface area contributed by atoms with E-state index in [2.05, 4.69) is 50.3 Å². The van der Waals surface area contributed by atoms with Crippen molar-refractivity contribution in [3.63, 3.8) is 0 Å². The zero-order valence-electron chi connectivity index (χ0n) is 16.6. The quantitative estimate of drug-likeness (QED) is 0.447. The van der Waals surface area contributed by atoms with E-state index < -0.39 is 0 Å². The highest BCUT2D eigenvalue weighted by molar-refractivity contribution is 6.15. The minimum Gasteiger partial charge on any atom is -0.238 e. The zero-order valence-corrected chi connectivity index (χ0v) is 16.6. The first kappa shape index (κ1) is 20.7. The summed E-state index contributed by atoms with van der Waals surface area (Å²) in [6.07, 6.45) is 7.27. The average molecular weight is 324 g/mol. The molecule has 0 saturated heterocycles. The molecular weight excluding hydrogens is 291 g/mol. The summed E-state index contributed by atoms with van der Waals surface area (Å²) in [6.45, 7) is 18.9. The first-order valence-corrected chi connectivity index (χ1v) is 9.11. The molecule has 130 valence electrons. The molecule has 2 radical (unpaired) electrons. The monoisotopic (exact) mass is 324 g/mol. The number of hydrogen-bond acceptors (Lipinski definition) is 2. The fourth-order valence-corrected chi connectivity index (χ4v) is 3.64. The van der Waals surface area contributed by atoms with Gasteiger partial charge in [0, 0.05) is 17.0 Å². The topological polar surface area (TPSA) is 25.8 Å². The molecule has 1 heterocycles. The van der Waals surface area contributed by atoms with Crippen molar-refractivity contribution in [2.24, 2.45) is 11.8 Å². The van der Waals surface area contributed by atoms with E-state index in [9.17, 15) is 0 Å². The molecule has 0 aliphatic rings. The van der Waals surface area contributed by atoms with E-state index >= 15 is 0 Å². The summed E-state index contributed by atoms with van der Waals surface area (Å²) in [5.41, 5.74) is 4.16. The van der Waals surface area contributed by atoms with E-state index in [-0.39, 0.29) is 5.31 Å². The van der Waals surface area contributed by atoms with E-state index in [0.717, 1.165) is 34.8 Å². The fourth-order valence-electron chi connectivity index (χ4n) is 3.64. The van der Waals surface area contributed by atoms with Crippen LogP contribution >= 0.6 is 0 Å². The Bertz CT molecular complexity index is 575. The van der Waals surface area contributed by atoms with Gasteiger partial charge in [0.05, 0.1) is 7.85 Å². The highest BCUT2D eigenvalue weighted by atomic mass is 14.9.